The van der Waals surface area contributed by atoms with Crippen molar-refractivity contribution in [2.24, 2.45) is 0 Å². The van der Waals surface area contributed by atoms with Crippen LogP contribution in [-0.4, -0.2) is 53.1 Å². The summed E-state index contributed by atoms with van der Waals surface area (Å²) in [5, 5.41) is 2.04. The Morgan fingerprint density at radius 1 is 1.11 bits per heavy atom. The quantitative estimate of drug-likeness (QED) is 0.424. The summed E-state index contributed by atoms with van der Waals surface area (Å²) in [5.74, 6) is -0.286. The molecule has 0 aliphatic carbocycles. The first kappa shape index (κ1) is 24.7. The van der Waals surface area contributed by atoms with Gasteiger partial charge in [0, 0.05) is 67.4 Å². The third kappa shape index (κ3) is 6.16. The Morgan fingerprint density at radius 3 is 2.74 bits per heavy atom. The highest BCUT2D eigenvalue weighted by Gasteiger charge is 2.27. The molecule has 0 atom stereocenters. The van der Waals surface area contributed by atoms with Crippen molar-refractivity contribution in [2.45, 2.75) is 38.6 Å². The summed E-state index contributed by atoms with van der Waals surface area (Å²) in [5.41, 5.74) is 1.39. The van der Waals surface area contributed by atoms with Crippen LogP contribution in [0.1, 0.15) is 39.5 Å². The molecule has 0 aromatic carbocycles. The molecular formula is C26H29N3O5S. The molecule has 0 bridgehead atoms. The Balaban J connectivity index is 1.46. The molecule has 4 heterocycles. The van der Waals surface area contributed by atoms with E-state index in [0.717, 1.165) is 18.5 Å². The molecule has 184 valence electrons. The molecule has 35 heavy (non-hydrogen) atoms. The second-order valence-electron chi connectivity index (χ2n) is 8.29. The van der Waals surface area contributed by atoms with Crippen molar-refractivity contribution < 1.29 is 19.1 Å². The van der Waals surface area contributed by atoms with Gasteiger partial charge in [-0.15, -0.1) is 11.3 Å². The Morgan fingerprint density at radius 2 is 2.00 bits per heavy atom. The van der Waals surface area contributed by atoms with Gasteiger partial charge in [-0.05, 0) is 36.4 Å². The number of thiophene rings is 1. The van der Waals surface area contributed by atoms with Crippen LogP contribution in [0.3, 0.4) is 0 Å². The van der Waals surface area contributed by atoms with Crippen LogP contribution < -0.4 is 10.3 Å². The molecule has 0 saturated heterocycles. The summed E-state index contributed by atoms with van der Waals surface area (Å²) >= 11 is 1.70. The molecular weight excluding hydrogens is 466 g/mol. The summed E-state index contributed by atoms with van der Waals surface area (Å²) < 4.78 is 12.5. The number of hydrogen-bond donors (Lipinski definition) is 0. The number of hydrogen-bond acceptors (Lipinski definition) is 7. The molecule has 1 aliphatic rings. The zero-order valence-electron chi connectivity index (χ0n) is 19.8. The highest BCUT2D eigenvalue weighted by molar-refractivity contribution is 7.09. The molecule has 3 aromatic rings. The van der Waals surface area contributed by atoms with Crippen molar-refractivity contribution >= 4 is 23.2 Å². The molecule has 4 rings (SSSR count). The zero-order valence-corrected chi connectivity index (χ0v) is 20.6. The van der Waals surface area contributed by atoms with Gasteiger partial charge in [-0.25, -0.2) is 4.79 Å². The summed E-state index contributed by atoms with van der Waals surface area (Å²) in [7, 11) is 1.31. The number of aromatic nitrogens is 2. The molecule has 0 spiro atoms. The Labute approximate surface area is 208 Å². The largest absolute Gasteiger partial charge is 0.492 e. The van der Waals surface area contributed by atoms with E-state index in [0.29, 0.717) is 44.6 Å². The van der Waals surface area contributed by atoms with Gasteiger partial charge in [0.25, 0.3) is 5.56 Å². The molecule has 0 radical (unpaired) electrons. The van der Waals surface area contributed by atoms with Gasteiger partial charge in [0.1, 0.15) is 11.3 Å². The van der Waals surface area contributed by atoms with E-state index in [4.69, 9.17) is 9.47 Å². The van der Waals surface area contributed by atoms with Crippen molar-refractivity contribution in [1.29, 1.82) is 0 Å². The first-order valence-corrected chi connectivity index (χ1v) is 12.6. The van der Waals surface area contributed by atoms with Crippen LogP contribution in [0.15, 0.2) is 52.8 Å². The summed E-state index contributed by atoms with van der Waals surface area (Å²) in [4.78, 5) is 45.8. The zero-order chi connectivity index (χ0) is 24.6. The van der Waals surface area contributed by atoms with Gasteiger partial charge in [-0.1, -0.05) is 12.1 Å². The van der Waals surface area contributed by atoms with E-state index < -0.39 is 5.97 Å². The third-order valence-corrected chi connectivity index (χ3v) is 7.01. The highest BCUT2D eigenvalue weighted by Crippen LogP contribution is 2.24. The average Bonchev–Trinajstić information content (AvgIpc) is 3.28. The molecule has 0 fully saturated rings. The van der Waals surface area contributed by atoms with Gasteiger partial charge < -0.3 is 18.9 Å². The van der Waals surface area contributed by atoms with Gasteiger partial charge >= 0.3 is 5.97 Å². The minimum Gasteiger partial charge on any atom is -0.492 e. The number of ether oxygens (including phenoxy) is 2. The van der Waals surface area contributed by atoms with Gasteiger partial charge in [0.2, 0.25) is 5.91 Å². The van der Waals surface area contributed by atoms with E-state index in [-0.39, 0.29) is 29.4 Å². The number of fused-ring (bicyclic) bond motifs is 1. The minimum absolute atomic E-state index is 0.0638. The number of carbonyl (C=O) groups is 2. The molecule has 0 unspecified atom stereocenters. The molecule has 0 N–H and O–H groups in total. The number of nitrogens with zero attached hydrogens (tertiary/aromatic N) is 3. The predicted molar refractivity (Wildman–Crippen MR) is 133 cm³/mol. The lowest BCUT2D eigenvalue weighted by molar-refractivity contribution is -0.131. The normalized spacial score (nSPS) is 13.1. The summed E-state index contributed by atoms with van der Waals surface area (Å²) in [6.45, 7) is 1.44. The Hall–Kier alpha value is -3.46. The van der Waals surface area contributed by atoms with Gasteiger partial charge in [0.05, 0.1) is 13.7 Å². The van der Waals surface area contributed by atoms with Crippen molar-refractivity contribution in [2.75, 3.05) is 26.8 Å². The van der Waals surface area contributed by atoms with E-state index in [1.165, 1.54) is 18.1 Å². The standard InChI is InChI=1S/C26H29N3O5S/c1-33-26(32)25-21-10-13-28(23(30)9-4-7-20-8-5-17-35-20)14-15-29(21)24(31)18-22(25)34-16-11-19-6-2-3-12-27-19/h2-3,5-6,8,12,17-18H,4,7,9-11,13-16H2,1H3. The van der Waals surface area contributed by atoms with E-state index in [1.54, 1.807) is 27.0 Å². The van der Waals surface area contributed by atoms with Crippen molar-refractivity contribution in [3.63, 3.8) is 0 Å². The van der Waals surface area contributed by atoms with Crippen LogP contribution in [0, 0.1) is 0 Å². The van der Waals surface area contributed by atoms with Crippen LogP contribution in [0.25, 0.3) is 0 Å². The lowest BCUT2D eigenvalue weighted by atomic mass is 10.1. The van der Waals surface area contributed by atoms with E-state index in [1.807, 2.05) is 29.6 Å². The van der Waals surface area contributed by atoms with E-state index >= 15 is 0 Å². The van der Waals surface area contributed by atoms with Gasteiger partial charge in [-0.2, -0.15) is 0 Å². The fraction of sp³-hybridized carbons (Fsp3) is 0.385. The van der Waals surface area contributed by atoms with E-state index in [2.05, 4.69) is 11.1 Å². The van der Waals surface area contributed by atoms with Crippen molar-refractivity contribution in [3.05, 3.63) is 80.2 Å². The van der Waals surface area contributed by atoms with Crippen LogP contribution in [0.5, 0.6) is 5.75 Å². The van der Waals surface area contributed by atoms with Gasteiger partial charge in [0.15, 0.2) is 0 Å². The number of pyridine rings is 2. The second-order valence-corrected chi connectivity index (χ2v) is 9.33. The third-order valence-electron chi connectivity index (χ3n) is 6.07. The first-order chi connectivity index (χ1) is 17.1. The number of rotatable bonds is 9. The maximum atomic E-state index is 12.9. The van der Waals surface area contributed by atoms with Gasteiger partial charge in [-0.3, -0.25) is 14.6 Å². The Bertz CT molecular complexity index is 1210. The fourth-order valence-electron chi connectivity index (χ4n) is 4.27. The molecule has 0 saturated carbocycles. The van der Waals surface area contributed by atoms with Crippen LogP contribution in [-0.2, 0) is 35.3 Å². The lowest BCUT2D eigenvalue weighted by Crippen LogP contribution is -2.34. The maximum Gasteiger partial charge on any atom is 0.343 e. The number of aryl methyl sites for hydroxylation is 1. The second kappa shape index (κ2) is 11.8. The highest BCUT2D eigenvalue weighted by atomic mass is 32.1. The Kier molecular flexibility index (Phi) is 8.31. The number of methoxy groups -OCH3 is 1. The molecule has 1 aliphatic heterocycles. The topological polar surface area (TPSA) is 90.7 Å². The smallest absolute Gasteiger partial charge is 0.343 e. The van der Waals surface area contributed by atoms with Crippen LogP contribution >= 0.6 is 11.3 Å². The van der Waals surface area contributed by atoms with E-state index in [9.17, 15) is 14.4 Å². The average molecular weight is 496 g/mol. The van der Waals surface area contributed by atoms with Crippen molar-refractivity contribution in [1.82, 2.24) is 14.5 Å². The number of amides is 1. The molecule has 1 amide bonds. The molecule has 3 aromatic heterocycles. The number of carbonyl (C=O) groups excluding carboxylic acids is 2. The summed E-state index contributed by atoms with van der Waals surface area (Å²) in [6, 6.07) is 11.1. The maximum absolute atomic E-state index is 12.9. The first-order valence-electron chi connectivity index (χ1n) is 11.7. The SMILES string of the molecule is COC(=O)c1c(OCCc2ccccn2)cc(=O)n2c1CCN(C(=O)CCCc1cccs1)CC2. The minimum atomic E-state index is -0.558. The van der Waals surface area contributed by atoms with Crippen LogP contribution in [0.2, 0.25) is 0 Å². The monoisotopic (exact) mass is 495 g/mol. The van der Waals surface area contributed by atoms with Crippen molar-refractivity contribution in [3.8, 4) is 5.75 Å². The predicted octanol–water partition coefficient (Wildman–Crippen LogP) is 3.12. The fourth-order valence-corrected chi connectivity index (χ4v) is 5.02. The lowest BCUT2D eigenvalue weighted by Gasteiger charge is -2.19. The molecule has 9 heteroatoms. The molecule has 8 nitrogen and oxygen atoms in total. The number of esters is 1. The summed E-state index contributed by atoms with van der Waals surface area (Å²) in [6.07, 6.45) is 4.72. The van der Waals surface area contributed by atoms with Crippen LogP contribution in [0.4, 0.5) is 0 Å².